The molecule has 2 N–H and O–H groups in total. The molecule has 0 radical (unpaired) electrons. The second-order valence-corrected chi connectivity index (χ2v) is 5.57. The summed E-state index contributed by atoms with van der Waals surface area (Å²) in [6, 6.07) is 6.54. The molecule has 0 spiro atoms. The Balaban J connectivity index is 2.49. The molecule has 0 fully saturated rings. The fraction of sp³-hybridized carbons (Fsp3) is 0.182. The lowest BCUT2D eigenvalue weighted by molar-refractivity contribution is 0.594. The van der Waals surface area contributed by atoms with Crippen LogP contribution in [0.2, 0.25) is 0 Å². The Bertz CT molecular complexity index is 622. The van der Waals surface area contributed by atoms with Crippen molar-refractivity contribution in [3.05, 3.63) is 36.7 Å². The Morgan fingerprint density at radius 1 is 1.33 bits per heavy atom. The van der Waals surface area contributed by atoms with E-state index in [2.05, 4.69) is 15.3 Å². The monoisotopic (exact) mass is 266 g/mol. The van der Waals surface area contributed by atoms with Gasteiger partial charge in [-0.25, -0.2) is 13.4 Å². The van der Waals surface area contributed by atoms with Crippen molar-refractivity contribution in [1.29, 1.82) is 0 Å². The molecule has 0 saturated heterocycles. The van der Waals surface area contributed by atoms with E-state index in [1.807, 2.05) is 0 Å². The summed E-state index contributed by atoms with van der Waals surface area (Å²) in [6.45, 7) is 0. The number of sulfonamides is 1. The molecular weight excluding hydrogens is 252 g/mol. The minimum absolute atomic E-state index is 0.143. The number of nitrogens with zero attached hydrogens (tertiary/aromatic N) is 2. The molecule has 7 heteroatoms. The lowest BCUT2D eigenvalue weighted by Gasteiger charge is -2.18. The normalized spacial score (nSPS) is 11.2. The van der Waals surface area contributed by atoms with Gasteiger partial charge in [0.15, 0.2) is 0 Å². The zero-order chi connectivity index (χ0) is 13.2. The number of H-pyrrole nitrogens is 1. The first-order valence-electron chi connectivity index (χ1n) is 5.32. The topological polar surface area (TPSA) is 78.1 Å². The van der Waals surface area contributed by atoms with E-state index in [1.165, 1.54) is 17.4 Å². The number of aromatic nitrogens is 2. The lowest BCUT2D eigenvalue weighted by Crippen LogP contribution is -2.27. The molecule has 0 unspecified atom stereocenters. The molecule has 2 rings (SSSR count). The average molecular weight is 266 g/mol. The fourth-order valence-corrected chi connectivity index (χ4v) is 2.90. The molecule has 2 aromatic rings. The molecule has 2 heterocycles. The van der Waals surface area contributed by atoms with Gasteiger partial charge in [-0.15, -0.1) is 0 Å². The van der Waals surface area contributed by atoms with Gasteiger partial charge in [-0.2, -0.15) is 0 Å². The quantitative estimate of drug-likeness (QED) is 0.873. The summed E-state index contributed by atoms with van der Waals surface area (Å²) >= 11 is 0. The van der Waals surface area contributed by atoms with Crippen molar-refractivity contribution in [1.82, 2.24) is 9.97 Å². The SMILES string of the molecule is CNc1ncccc1S(=O)(=O)N(C)c1ccc[nH]1. The van der Waals surface area contributed by atoms with Crippen molar-refractivity contribution >= 4 is 21.7 Å². The number of rotatable bonds is 4. The molecule has 2 aromatic heterocycles. The Labute approximate surface area is 106 Å². The van der Waals surface area contributed by atoms with E-state index < -0.39 is 10.0 Å². The molecule has 0 aliphatic carbocycles. The minimum Gasteiger partial charge on any atom is -0.372 e. The summed E-state index contributed by atoms with van der Waals surface area (Å²) < 4.78 is 26.1. The Hall–Kier alpha value is -2.02. The molecule has 0 atom stereocenters. The van der Waals surface area contributed by atoms with Gasteiger partial charge >= 0.3 is 0 Å². The van der Waals surface area contributed by atoms with Crippen molar-refractivity contribution in [2.75, 3.05) is 23.7 Å². The van der Waals surface area contributed by atoms with Crippen LogP contribution >= 0.6 is 0 Å². The van der Waals surface area contributed by atoms with Crippen molar-refractivity contribution in [3.63, 3.8) is 0 Å². The van der Waals surface area contributed by atoms with Crippen LogP contribution in [-0.4, -0.2) is 32.5 Å². The first kappa shape index (κ1) is 12.4. The molecule has 0 bridgehead atoms. The molecule has 0 aromatic carbocycles. The van der Waals surface area contributed by atoms with Crippen LogP contribution < -0.4 is 9.62 Å². The molecule has 0 aliphatic rings. The van der Waals surface area contributed by atoms with Crippen LogP contribution in [0.15, 0.2) is 41.6 Å². The standard InChI is InChI=1S/C11H14N4O2S/c1-12-11-9(5-3-8-14-11)18(16,17)15(2)10-6-4-7-13-10/h3-8,13H,1-2H3,(H,12,14). The Morgan fingerprint density at radius 2 is 2.11 bits per heavy atom. The van der Waals surface area contributed by atoms with Crippen LogP contribution in [0.1, 0.15) is 0 Å². The van der Waals surface area contributed by atoms with Gasteiger partial charge < -0.3 is 10.3 Å². The molecule has 18 heavy (non-hydrogen) atoms. The Kier molecular flexibility index (Phi) is 3.24. The van der Waals surface area contributed by atoms with E-state index in [4.69, 9.17) is 0 Å². The predicted molar refractivity (Wildman–Crippen MR) is 70.2 cm³/mol. The highest BCUT2D eigenvalue weighted by Gasteiger charge is 2.25. The molecule has 6 nitrogen and oxygen atoms in total. The number of pyridine rings is 1. The van der Waals surface area contributed by atoms with Crippen LogP contribution in [0.5, 0.6) is 0 Å². The number of aromatic amines is 1. The van der Waals surface area contributed by atoms with E-state index in [-0.39, 0.29) is 4.90 Å². The van der Waals surface area contributed by atoms with E-state index >= 15 is 0 Å². The molecule has 0 amide bonds. The van der Waals surface area contributed by atoms with Gasteiger partial charge in [-0.1, -0.05) is 0 Å². The van der Waals surface area contributed by atoms with Crippen LogP contribution in [0, 0.1) is 0 Å². The summed E-state index contributed by atoms with van der Waals surface area (Å²) in [5.41, 5.74) is 0. The van der Waals surface area contributed by atoms with Crippen molar-refractivity contribution in [2.24, 2.45) is 0 Å². The van der Waals surface area contributed by atoms with Crippen LogP contribution in [0.3, 0.4) is 0 Å². The zero-order valence-electron chi connectivity index (χ0n) is 10.1. The second kappa shape index (κ2) is 4.69. The van der Waals surface area contributed by atoms with Gasteiger partial charge in [0.25, 0.3) is 10.0 Å². The molecule has 0 saturated carbocycles. The summed E-state index contributed by atoms with van der Waals surface area (Å²) in [7, 11) is -0.499. The van der Waals surface area contributed by atoms with E-state index in [1.54, 1.807) is 37.6 Å². The zero-order valence-corrected chi connectivity index (χ0v) is 10.9. The maximum Gasteiger partial charge on any atom is 0.268 e. The molecular formula is C11H14N4O2S. The van der Waals surface area contributed by atoms with E-state index in [0.717, 1.165) is 0 Å². The first-order valence-corrected chi connectivity index (χ1v) is 6.76. The molecule has 96 valence electrons. The third-order valence-corrected chi connectivity index (χ3v) is 4.37. The van der Waals surface area contributed by atoms with Crippen LogP contribution in [0.4, 0.5) is 11.6 Å². The summed E-state index contributed by atoms with van der Waals surface area (Å²) in [4.78, 5) is 7.00. The van der Waals surface area contributed by atoms with E-state index in [9.17, 15) is 8.42 Å². The highest BCUT2D eigenvalue weighted by atomic mass is 32.2. The first-order chi connectivity index (χ1) is 8.57. The van der Waals surface area contributed by atoms with Gasteiger partial charge in [0.05, 0.1) is 0 Å². The van der Waals surface area contributed by atoms with Crippen molar-refractivity contribution < 1.29 is 8.42 Å². The Morgan fingerprint density at radius 3 is 2.72 bits per heavy atom. The summed E-state index contributed by atoms with van der Waals surface area (Å²) in [5.74, 6) is 0.830. The second-order valence-electron chi connectivity index (χ2n) is 3.63. The van der Waals surface area contributed by atoms with Gasteiger partial charge in [0.1, 0.15) is 16.5 Å². The lowest BCUT2D eigenvalue weighted by atomic mass is 10.5. The van der Waals surface area contributed by atoms with Crippen molar-refractivity contribution in [3.8, 4) is 0 Å². The van der Waals surface area contributed by atoms with Gasteiger partial charge in [0.2, 0.25) is 0 Å². The summed E-state index contributed by atoms with van der Waals surface area (Å²) in [6.07, 6.45) is 3.21. The van der Waals surface area contributed by atoms with Crippen LogP contribution in [0.25, 0.3) is 0 Å². The number of hydrogen-bond acceptors (Lipinski definition) is 4. The highest BCUT2D eigenvalue weighted by Crippen LogP contribution is 2.24. The third-order valence-electron chi connectivity index (χ3n) is 2.57. The summed E-state index contributed by atoms with van der Waals surface area (Å²) in [5, 5.41) is 2.77. The van der Waals surface area contributed by atoms with Crippen molar-refractivity contribution in [2.45, 2.75) is 4.90 Å². The maximum absolute atomic E-state index is 12.4. The number of anilines is 2. The predicted octanol–water partition coefficient (Wildman–Crippen LogP) is 1.28. The largest absolute Gasteiger partial charge is 0.372 e. The molecule has 0 aliphatic heterocycles. The highest BCUT2D eigenvalue weighted by molar-refractivity contribution is 7.93. The average Bonchev–Trinajstić information content (AvgIpc) is 2.91. The van der Waals surface area contributed by atoms with E-state index in [0.29, 0.717) is 11.6 Å². The minimum atomic E-state index is -3.63. The van der Waals surface area contributed by atoms with Gasteiger partial charge in [-0.3, -0.25) is 4.31 Å². The smallest absolute Gasteiger partial charge is 0.268 e. The fourth-order valence-electron chi connectivity index (χ4n) is 1.58. The van der Waals surface area contributed by atoms with Crippen LogP contribution in [-0.2, 0) is 10.0 Å². The van der Waals surface area contributed by atoms with Gasteiger partial charge in [-0.05, 0) is 24.3 Å². The third kappa shape index (κ3) is 2.04. The van der Waals surface area contributed by atoms with Gasteiger partial charge in [0, 0.05) is 26.5 Å². The number of hydrogen-bond donors (Lipinski definition) is 2. The number of nitrogens with one attached hydrogen (secondary N) is 2. The maximum atomic E-state index is 12.4.